The number of alkyl halides is 3. The highest BCUT2D eigenvalue weighted by Gasteiger charge is 2.31. The topological polar surface area (TPSA) is 0 Å². The minimum absolute atomic E-state index is 0. The summed E-state index contributed by atoms with van der Waals surface area (Å²) in [6.45, 7) is 0. The van der Waals surface area contributed by atoms with E-state index >= 15 is 0 Å². The Morgan fingerprint density at radius 3 is 1.92 bits per heavy atom. The summed E-state index contributed by atoms with van der Waals surface area (Å²) in [6.07, 6.45) is 0. The molecule has 1 rings (SSSR count). The zero-order valence-electron chi connectivity index (χ0n) is 6.14. The first-order chi connectivity index (χ1) is 5.08. The van der Waals surface area contributed by atoms with Gasteiger partial charge in [0.05, 0.1) is 0 Å². The van der Waals surface area contributed by atoms with Gasteiger partial charge in [-0.25, -0.2) is 13.2 Å². The van der Waals surface area contributed by atoms with Crippen LogP contribution in [0.5, 0.6) is 0 Å². The normalized spacial score (nSPS) is 9.92. The molecule has 64 valence electrons. The fourth-order valence-corrected chi connectivity index (χ4v) is 1.80. The molecule has 0 amide bonds. The van der Waals surface area contributed by atoms with Gasteiger partial charge in [-0.05, 0) is 0 Å². The Balaban J connectivity index is 0.00000121. The van der Waals surface area contributed by atoms with Gasteiger partial charge in [0.1, 0.15) is 0 Å². The molecule has 5 heteroatoms. The van der Waals surface area contributed by atoms with Crippen LogP contribution >= 0.6 is 12.4 Å². The van der Waals surface area contributed by atoms with Gasteiger partial charge < -0.3 is 0 Å². The predicted molar refractivity (Wildman–Crippen MR) is 45.1 cm³/mol. The fraction of sp³-hybridized carbons (Fsp3) is 0.143. The van der Waals surface area contributed by atoms with Crippen LogP contribution in [0.25, 0.3) is 0 Å². The van der Waals surface area contributed by atoms with Crippen LogP contribution in [-0.4, -0.2) is 24.7 Å². The molecule has 0 aromatic heterocycles. The van der Waals surface area contributed by atoms with Crippen LogP contribution in [0.2, 0.25) is 0 Å². The quantitative estimate of drug-likeness (QED) is 0.617. The van der Waals surface area contributed by atoms with Crippen molar-refractivity contribution in [2.24, 2.45) is 0 Å². The van der Waals surface area contributed by atoms with E-state index in [-0.39, 0.29) is 12.4 Å². The molecule has 1 aromatic carbocycles. The first-order valence-electron chi connectivity index (χ1n) is 3.18. The standard InChI is InChI=1S/C6H5.CF3.ClH.Mg/c1-2-4-6-5-3-1;2-1(3)4;;/h1-5H;;1H;. The highest BCUT2D eigenvalue weighted by molar-refractivity contribution is 6.55. The van der Waals surface area contributed by atoms with Gasteiger partial charge in [0.2, 0.25) is 0 Å². The van der Waals surface area contributed by atoms with Gasteiger partial charge in [-0.2, -0.15) is 3.69 Å². The summed E-state index contributed by atoms with van der Waals surface area (Å²) in [4.78, 5) is 0. The van der Waals surface area contributed by atoms with E-state index in [1.165, 1.54) is 12.1 Å². The van der Waals surface area contributed by atoms with Crippen molar-refractivity contribution in [1.29, 1.82) is 0 Å². The van der Waals surface area contributed by atoms with E-state index in [9.17, 15) is 13.2 Å². The van der Waals surface area contributed by atoms with Crippen molar-refractivity contribution in [2.75, 3.05) is 0 Å². The van der Waals surface area contributed by atoms with Crippen molar-refractivity contribution in [3.05, 3.63) is 30.3 Å². The molecule has 0 heterocycles. The highest BCUT2D eigenvalue weighted by Crippen LogP contribution is 2.11. The van der Waals surface area contributed by atoms with Crippen LogP contribution in [0.4, 0.5) is 13.2 Å². The van der Waals surface area contributed by atoms with Crippen LogP contribution in [0.15, 0.2) is 30.3 Å². The molecule has 12 heavy (non-hydrogen) atoms. The van der Waals surface area contributed by atoms with Crippen molar-refractivity contribution in [2.45, 2.75) is 4.31 Å². The Morgan fingerprint density at radius 2 is 1.50 bits per heavy atom. The number of hydrogen-bond donors (Lipinski definition) is 0. The molecule has 0 aliphatic rings. The molecular weight excluding hydrogens is 201 g/mol. The second-order valence-electron chi connectivity index (χ2n) is 2.28. The van der Waals surface area contributed by atoms with E-state index in [0.717, 1.165) is 0 Å². The maximum absolute atomic E-state index is 11.8. The lowest BCUT2D eigenvalue weighted by Crippen LogP contribution is -2.29. The van der Waals surface area contributed by atoms with E-state index in [4.69, 9.17) is 0 Å². The summed E-state index contributed by atoms with van der Waals surface area (Å²) in [5, 5.41) is 0. The molecule has 0 atom stereocenters. The number of hydrogen-bond acceptors (Lipinski definition) is 0. The summed E-state index contributed by atoms with van der Waals surface area (Å²) in [7, 11) is 0. The molecule has 0 saturated heterocycles. The Labute approximate surface area is 84.3 Å². The van der Waals surface area contributed by atoms with Gasteiger partial charge in [0.15, 0.2) is 0 Å². The lowest BCUT2D eigenvalue weighted by atomic mass is 10.4. The zero-order chi connectivity index (χ0) is 8.32. The van der Waals surface area contributed by atoms with Gasteiger partial charge in [0, 0.05) is 0 Å². The molecule has 0 spiro atoms. The van der Waals surface area contributed by atoms with E-state index in [2.05, 4.69) is 0 Å². The molecular formula is C7H6ClF3Mg. The van der Waals surface area contributed by atoms with Gasteiger partial charge in [-0.1, -0.05) is 30.3 Å². The van der Waals surface area contributed by atoms with Gasteiger partial charge in [-0.15, -0.1) is 12.4 Å². The molecule has 0 fully saturated rings. The molecule has 0 nitrogen and oxygen atoms in total. The smallest absolute Gasteiger partial charge is 0.206 e. The molecule has 0 saturated carbocycles. The average Bonchev–Trinajstić information content (AvgIpc) is 1.85. The second kappa shape index (κ2) is 4.94. The van der Waals surface area contributed by atoms with Gasteiger partial charge >= 0.3 is 20.4 Å². The van der Waals surface area contributed by atoms with Crippen LogP contribution < -0.4 is 3.69 Å². The Bertz CT molecular complexity index is 222. The van der Waals surface area contributed by atoms with Gasteiger partial charge in [0.25, 0.3) is 4.31 Å². The number of rotatable bonds is 1. The van der Waals surface area contributed by atoms with E-state index in [0.29, 0.717) is 3.69 Å². The third-order valence-electron chi connectivity index (χ3n) is 1.25. The number of halogens is 4. The fourth-order valence-electron chi connectivity index (χ4n) is 0.827. The van der Waals surface area contributed by atoms with Crippen LogP contribution in [0.3, 0.4) is 0 Å². The maximum Gasteiger partial charge on any atom is 0.572 e. The average molecular weight is 207 g/mol. The minimum Gasteiger partial charge on any atom is -0.206 e. The Morgan fingerprint density at radius 1 is 1.00 bits per heavy atom. The zero-order valence-corrected chi connectivity index (χ0v) is 8.37. The first kappa shape index (κ1) is 12.1. The molecule has 0 N–H and O–H groups in total. The first-order valence-corrected chi connectivity index (χ1v) is 4.60. The third kappa shape index (κ3) is 4.85. The maximum atomic E-state index is 11.8. The van der Waals surface area contributed by atoms with E-state index in [1.54, 1.807) is 18.2 Å². The lowest BCUT2D eigenvalue weighted by molar-refractivity contribution is -0.0455. The highest BCUT2D eigenvalue weighted by atomic mass is 35.5. The van der Waals surface area contributed by atoms with Crippen molar-refractivity contribution in [1.82, 2.24) is 0 Å². The summed E-state index contributed by atoms with van der Waals surface area (Å²) in [5.74, 6) is 0. The van der Waals surface area contributed by atoms with Gasteiger partial charge in [-0.3, -0.25) is 0 Å². The van der Waals surface area contributed by atoms with Crippen molar-refractivity contribution in [3.63, 3.8) is 0 Å². The van der Waals surface area contributed by atoms with Crippen molar-refractivity contribution >= 4 is 36.5 Å². The van der Waals surface area contributed by atoms with Crippen LogP contribution in [0, 0.1) is 0 Å². The summed E-state index contributed by atoms with van der Waals surface area (Å²) in [5.41, 5.74) is 0. The molecule has 1 aromatic rings. The summed E-state index contributed by atoms with van der Waals surface area (Å²) < 4.78 is 31.9. The molecule has 0 bridgehead atoms. The molecule has 0 aliphatic heterocycles. The predicted octanol–water partition coefficient (Wildman–Crippen LogP) is 1.96. The molecule has 0 radical (unpaired) electrons. The van der Waals surface area contributed by atoms with Crippen molar-refractivity contribution < 1.29 is 13.2 Å². The van der Waals surface area contributed by atoms with Crippen molar-refractivity contribution in [3.8, 4) is 0 Å². The lowest BCUT2D eigenvalue weighted by Gasteiger charge is -2.03. The molecule has 0 aliphatic carbocycles. The Kier molecular flexibility index (Phi) is 4.97. The van der Waals surface area contributed by atoms with Crippen LogP contribution in [0.1, 0.15) is 0 Å². The second-order valence-corrected chi connectivity index (χ2v) is 4.25. The number of benzene rings is 1. The molecule has 0 unspecified atom stereocenters. The van der Waals surface area contributed by atoms with Crippen LogP contribution in [-0.2, 0) is 0 Å². The van der Waals surface area contributed by atoms with E-state index in [1.807, 2.05) is 0 Å². The minimum atomic E-state index is -3.96. The monoisotopic (exact) mass is 206 g/mol. The summed E-state index contributed by atoms with van der Waals surface area (Å²) >= 11 is -2.07. The third-order valence-corrected chi connectivity index (χ3v) is 2.53. The largest absolute Gasteiger partial charge is 0.572 e. The SMILES string of the molecule is Cl.F[C](F)(F)[Mg][c]1ccccc1. The van der Waals surface area contributed by atoms with E-state index < -0.39 is 24.7 Å². The summed E-state index contributed by atoms with van der Waals surface area (Å²) in [6, 6.07) is 8.04. The Hall–Kier alpha value is 0.0662.